The van der Waals surface area contributed by atoms with Gasteiger partial charge in [0.25, 0.3) is 0 Å². The van der Waals surface area contributed by atoms with Crippen LogP contribution >= 0.6 is 0 Å². The number of rotatable bonds is 1. The van der Waals surface area contributed by atoms with E-state index in [1.807, 2.05) is 13.1 Å². The molecule has 0 amide bonds. The zero-order valence-electron chi connectivity index (χ0n) is 8.75. The van der Waals surface area contributed by atoms with E-state index in [4.69, 9.17) is 0 Å². The molecule has 76 valence electrons. The summed E-state index contributed by atoms with van der Waals surface area (Å²) in [6.07, 6.45) is 1.53. The molecule has 0 spiro atoms. The standard InChI is InChI=1S/C12H17NO/c1-12(13-2)10-6-4-3-5-9(10)7-8-11(12)14/h3-6,11,13-14H,7-8H2,1-2H3. The topological polar surface area (TPSA) is 32.3 Å². The van der Waals surface area contributed by atoms with Crippen LogP contribution in [0, 0.1) is 0 Å². The summed E-state index contributed by atoms with van der Waals surface area (Å²) >= 11 is 0. The predicted octanol–water partition coefficient (Wildman–Crippen LogP) is 1.43. The Hall–Kier alpha value is -0.860. The first-order valence-electron chi connectivity index (χ1n) is 5.14. The molecule has 0 heterocycles. The maximum atomic E-state index is 10.0. The molecule has 2 atom stereocenters. The van der Waals surface area contributed by atoms with Gasteiger partial charge in [-0.3, -0.25) is 0 Å². The molecule has 0 fully saturated rings. The summed E-state index contributed by atoms with van der Waals surface area (Å²) in [5.74, 6) is 0. The maximum Gasteiger partial charge on any atom is 0.0764 e. The molecule has 14 heavy (non-hydrogen) atoms. The lowest BCUT2D eigenvalue weighted by molar-refractivity contribution is 0.0572. The quantitative estimate of drug-likeness (QED) is 0.704. The second-order valence-electron chi connectivity index (χ2n) is 4.16. The van der Waals surface area contributed by atoms with Crippen LogP contribution in [0.4, 0.5) is 0 Å². The Kier molecular flexibility index (Phi) is 2.33. The highest BCUT2D eigenvalue weighted by molar-refractivity contribution is 5.37. The molecule has 0 aliphatic heterocycles. The van der Waals surface area contributed by atoms with Gasteiger partial charge in [-0.1, -0.05) is 24.3 Å². The summed E-state index contributed by atoms with van der Waals surface area (Å²) in [5, 5.41) is 13.2. The van der Waals surface area contributed by atoms with Crippen LogP contribution < -0.4 is 5.32 Å². The predicted molar refractivity (Wildman–Crippen MR) is 57.2 cm³/mol. The van der Waals surface area contributed by atoms with Crippen molar-refractivity contribution < 1.29 is 5.11 Å². The third-order valence-corrected chi connectivity index (χ3v) is 3.45. The third kappa shape index (κ3) is 1.26. The summed E-state index contributed by atoms with van der Waals surface area (Å²) in [7, 11) is 1.91. The Morgan fingerprint density at radius 1 is 1.43 bits per heavy atom. The van der Waals surface area contributed by atoms with E-state index in [2.05, 4.69) is 30.4 Å². The molecule has 1 aromatic carbocycles. The first kappa shape index (κ1) is 9.69. The third-order valence-electron chi connectivity index (χ3n) is 3.45. The highest BCUT2D eigenvalue weighted by Crippen LogP contribution is 2.34. The van der Waals surface area contributed by atoms with Crippen LogP contribution in [-0.4, -0.2) is 18.3 Å². The van der Waals surface area contributed by atoms with Gasteiger partial charge in [0.2, 0.25) is 0 Å². The highest BCUT2D eigenvalue weighted by Gasteiger charge is 2.37. The molecular formula is C12H17NO. The molecule has 2 rings (SSSR count). The number of benzene rings is 1. The molecule has 2 heteroatoms. The number of fused-ring (bicyclic) bond motifs is 1. The van der Waals surface area contributed by atoms with E-state index >= 15 is 0 Å². The average molecular weight is 191 g/mol. The largest absolute Gasteiger partial charge is 0.391 e. The Balaban J connectivity index is 2.52. The molecule has 2 unspecified atom stereocenters. The van der Waals surface area contributed by atoms with Crippen LogP contribution in [0.2, 0.25) is 0 Å². The van der Waals surface area contributed by atoms with Gasteiger partial charge in [-0.05, 0) is 37.9 Å². The maximum absolute atomic E-state index is 10.0. The first-order chi connectivity index (χ1) is 6.68. The zero-order valence-corrected chi connectivity index (χ0v) is 8.75. The second kappa shape index (κ2) is 3.37. The lowest BCUT2D eigenvalue weighted by atomic mass is 9.76. The summed E-state index contributed by atoms with van der Waals surface area (Å²) in [6, 6.07) is 8.35. The van der Waals surface area contributed by atoms with E-state index in [1.165, 1.54) is 11.1 Å². The van der Waals surface area contributed by atoms with Crippen molar-refractivity contribution in [3.63, 3.8) is 0 Å². The molecule has 2 nitrogen and oxygen atoms in total. The molecular weight excluding hydrogens is 174 g/mol. The lowest BCUT2D eigenvalue weighted by Crippen LogP contribution is -2.50. The molecule has 1 aromatic rings. The Bertz CT molecular complexity index is 337. The van der Waals surface area contributed by atoms with Gasteiger partial charge in [-0.25, -0.2) is 0 Å². The molecule has 0 saturated heterocycles. The van der Waals surface area contributed by atoms with Crippen molar-refractivity contribution in [1.29, 1.82) is 0 Å². The molecule has 0 aromatic heterocycles. The molecule has 1 aliphatic rings. The second-order valence-corrected chi connectivity index (χ2v) is 4.16. The SMILES string of the molecule is CNC1(C)c2ccccc2CCC1O. The van der Waals surface area contributed by atoms with Crippen molar-refractivity contribution in [3.8, 4) is 0 Å². The highest BCUT2D eigenvalue weighted by atomic mass is 16.3. The van der Waals surface area contributed by atoms with Gasteiger partial charge in [0, 0.05) is 0 Å². The van der Waals surface area contributed by atoms with Crippen LogP contribution in [0.15, 0.2) is 24.3 Å². The fourth-order valence-electron chi connectivity index (χ4n) is 2.31. The molecule has 1 aliphatic carbocycles. The van der Waals surface area contributed by atoms with E-state index < -0.39 is 0 Å². The van der Waals surface area contributed by atoms with Crippen LogP contribution in [0.5, 0.6) is 0 Å². The molecule has 0 saturated carbocycles. The summed E-state index contributed by atoms with van der Waals surface area (Å²) < 4.78 is 0. The van der Waals surface area contributed by atoms with Crippen molar-refractivity contribution in [3.05, 3.63) is 35.4 Å². The van der Waals surface area contributed by atoms with Crippen LogP contribution in [-0.2, 0) is 12.0 Å². The number of aliphatic hydroxyl groups excluding tert-OH is 1. The van der Waals surface area contributed by atoms with Gasteiger partial charge in [0.15, 0.2) is 0 Å². The minimum atomic E-state index is -0.289. The number of aliphatic hydroxyl groups is 1. The number of aryl methyl sites for hydroxylation is 1. The number of hydrogen-bond donors (Lipinski definition) is 2. The number of hydrogen-bond acceptors (Lipinski definition) is 2. The lowest BCUT2D eigenvalue weighted by Gasteiger charge is -2.40. The summed E-state index contributed by atoms with van der Waals surface area (Å²) in [4.78, 5) is 0. The Morgan fingerprint density at radius 3 is 2.86 bits per heavy atom. The van der Waals surface area contributed by atoms with Gasteiger partial charge in [0.1, 0.15) is 0 Å². The Labute approximate surface area is 85.0 Å². The van der Waals surface area contributed by atoms with Crippen LogP contribution in [0.1, 0.15) is 24.5 Å². The van der Waals surface area contributed by atoms with Gasteiger partial charge in [-0.15, -0.1) is 0 Å². The van der Waals surface area contributed by atoms with Crippen LogP contribution in [0.3, 0.4) is 0 Å². The summed E-state index contributed by atoms with van der Waals surface area (Å²) in [6.45, 7) is 2.07. The van der Waals surface area contributed by atoms with Crippen molar-refractivity contribution in [2.45, 2.75) is 31.4 Å². The monoisotopic (exact) mass is 191 g/mol. The molecule has 2 N–H and O–H groups in total. The van der Waals surface area contributed by atoms with Crippen molar-refractivity contribution in [2.75, 3.05) is 7.05 Å². The van der Waals surface area contributed by atoms with Gasteiger partial charge in [0.05, 0.1) is 11.6 Å². The minimum absolute atomic E-state index is 0.283. The smallest absolute Gasteiger partial charge is 0.0764 e. The van der Waals surface area contributed by atoms with Crippen molar-refractivity contribution in [1.82, 2.24) is 5.32 Å². The first-order valence-corrected chi connectivity index (χ1v) is 5.14. The number of likely N-dealkylation sites (N-methyl/N-ethyl adjacent to an activating group) is 1. The fraction of sp³-hybridized carbons (Fsp3) is 0.500. The fourth-order valence-corrected chi connectivity index (χ4v) is 2.31. The molecule has 0 bridgehead atoms. The van der Waals surface area contributed by atoms with E-state index in [-0.39, 0.29) is 11.6 Å². The van der Waals surface area contributed by atoms with Gasteiger partial charge < -0.3 is 10.4 Å². The average Bonchev–Trinajstić information content (AvgIpc) is 2.24. The van der Waals surface area contributed by atoms with Crippen LogP contribution in [0.25, 0.3) is 0 Å². The summed E-state index contributed by atoms with van der Waals surface area (Å²) in [5.41, 5.74) is 2.31. The normalized spacial score (nSPS) is 31.2. The van der Waals surface area contributed by atoms with E-state index in [9.17, 15) is 5.11 Å². The zero-order chi connectivity index (χ0) is 10.2. The number of nitrogens with one attached hydrogen (secondary N) is 1. The van der Waals surface area contributed by atoms with E-state index in [0.29, 0.717) is 0 Å². The minimum Gasteiger partial charge on any atom is -0.391 e. The van der Waals surface area contributed by atoms with Gasteiger partial charge in [-0.2, -0.15) is 0 Å². The van der Waals surface area contributed by atoms with Gasteiger partial charge >= 0.3 is 0 Å². The Morgan fingerprint density at radius 2 is 2.14 bits per heavy atom. The van der Waals surface area contributed by atoms with E-state index in [1.54, 1.807) is 0 Å². The van der Waals surface area contributed by atoms with E-state index in [0.717, 1.165) is 12.8 Å². The van der Waals surface area contributed by atoms with Crippen molar-refractivity contribution in [2.24, 2.45) is 0 Å². The van der Waals surface area contributed by atoms with Crippen molar-refractivity contribution >= 4 is 0 Å². The molecule has 0 radical (unpaired) electrons.